The average molecular weight is 276 g/mol. The van der Waals surface area contributed by atoms with Crippen LogP contribution in [0.25, 0.3) is 0 Å². The largest absolute Gasteiger partial charge is 0.486 e. The van der Waals surface area contributed by atoms with Crippen LogP contribution in [0.3, 0.4) is 0 Å². The van der Waals surface area contributed by atoms with Gasteiger partial charge in [-0.2, -0.15) is 0 Å². The van der Waals surface area contributed by atoms with Crippen LogP contribution in [0.4, 0.5) is 0 Å². The monoisotopic (exact) mass is 276 g/mol. The fourth-order valence-electron chi connectivity index (χ4n) is 2.57. The van der Waals surface area contributed by atoms with Gasteiger partial charge in [-0.1, -0.05) is 6.07 Å². The third kappa shape index (κ3) is 3.04. The van der Waals surface area contributed by atoms with Crippen molar-refractivity contribution in [1.29, 1.82) is 0 Å². The van der Waals surface area contributed by atoms with Gasteiger partial charge in [0.15, 0.2) is 11.5 Å². The van der Waals surface area contributed by atoms with E-state index in [2.05, 4.69) is 10.6 Å². The second-order valence-electron chi connectivity index (χ2n) is 5.20. The molecule has 2 aliphatic heterocycles. The number of nitrogens with one attached hydrogen (secondary N) is 2. The number of carbonyl (C=O) groups excluding carboxylic acids is 1. The highest BCUT2D eigenvalue weighted by Crippen LogP contribution is 2.30. The predicted octanol–water partition coefficient (Wildman–Crippen LogP) is 1.22. The standard InChI is InChI=1S/C15H20N2O3/c18-15-12(3-1-2-6-16-15)17-10-11-4-5-13-14(9-11)20-8-7-19-13/h4-5,9,12,17H,1-3,6-8,10H2,(H,16,18)/t12-/m1/s1. The Kier molecular flexibility index (Phi) is 4.06. The second-order valence-corrected chi connectivity index (χ2v) is 5.20. The van der Waals surface area contributed by atoms with Crippen LogP contribution in [0.1, 0.15) is 24.8 Å². The topological polar surface area (TPSA) is 59.6 Å². The van der Waals surface area contributed by atoms with Gasteiger partial charge in [-0.15, -0.1) is 0 Å². The summed E-state index contributed by atoms with van der Waals surface area (Å²) in [5.74, 6) is 1.70. The minimum atomic E-state index is -0.0919. The molecule has 1 amide bonds. The summed E-state index contributed by atoms with van der Waals surface area (Å²) < 4.78 is 11.1. The SMILES string of the molecule is O=C1NCCCC[C@H]1NCc1ccc2c(c1)OCCO2. The highest BCUT2D eigenvalue weighted by atomic mass is 16.6. The number of ether oxygens (including phenoxy) is 2. The summed E-state index contributed by atoms with van der Waals surface area (Å²) in [7, 11) is 0. The molecule has 20 heavy (non-hydrogen) atoms. The molecule has 1 aromatic carbocycles. The number of carbonyl (C=O) groups is 1. The lowest BCUT2D eigenvalue weighted by molar-refractivity contribution is -0.122. The van der Waals surface area contributed by atoms with E-state index < -0.39 is 0 Å². The van der Waals surface area contributed by atoms with E-state index in [9.17, 15) is 4.79 Å². The molecule has 5 heteroatoms. The maximum atomic E-state index is 11.8. The maximum Gasteiger partial charge on any atom is 0.237 e. The Morgan fingerprint density at radius 1 is 1.20 bits per heavy atom. The molecule has 108 valence electrons. The van der Waals surface area contributed by atoms with Crippen molar-refractivity contribution >= 4 is 5.91 Å². The summed E-state index contributed by atoms with van der Waals surface area (Å²) in [6.45, 7) is 2.65. The van der Waals surface area contributed by atoms with Crippen molar-refractivity contribution in [3.05, 3.63) is 23.8 Å². The molecule has 3 rings (SSSR count). The molecule has 2 aliphatic rings. The van der Waals surface area contributed by atoms with Crippen molar-refractivity contribution in [3.8, 4) is 11.5 Å². The van der Waals surface area contributed by atoms with E-state index in [4.69, 9.17) is 9.47 Å². The first-order valence-electron chi connectivity index (χ1n) is 7.22. The Labute approximate surface area is 118 Å². The van der Waals surface area contributed by atoms with Crippen LogP contribution in [0.15, 0.2) is 18.2 Å². The number of amides is 1. The number of benzene rings is 1. The number of hydrogen-bond donors (Lipinski definition) is 2. The van der Waals surface area contributed by atoms with Crippen LogP contribution in [0, 0.1) is 0 Å². The Morgan fingerprint density at radius 2 is 2.05 bits per heavy atom. The smallest absolute Gasteiger partial charge is 0.237 e. The van der Waals surface area contributed by atoms with Gasteiger partial charge in [0, 0.05) is 13.1 Å². The van der Waals surface area contributed by atoms with Gasteiger partial charge in [-0.05, 0) is 37.0 Å². The quantitative estimate of drug-likeness (QED) is 0.871. The first-order chi connectivity index (χ1) is 9.83. The molecule has 0 radical (unpaired) electrons. The van der Waals surface area contributed by atoms with Gasteiger partial charge < -0.3 is 20.1 Å². The zero-order chi connectivity index (χ0) is 13.8. The lowest BCUT2D eigenvalue weighted by Gasteiger charge is -2.20. The summed E-state index contributed by atoms with van der Waals surface area (Å²) >= 11 is 0. The summed E-state index contributed by atoms with van der Waals surface area (Å²) in [5.41, 5.74) is 1.10. The van der Waals surface area contributed by atoms with E-state index in [1.807, 2.05) is 18.2 Å². The van der Waals surface area contributed by atoms with E-state index in [1.54, 1.807) is 0 Å². The Morgan fingerprint density at radius 3 is 2.95 bits per heavy atom. The zero-order valence-corrected chi connectivity index (χ0v) is 11.5. The third-order valence-corrected chi connectivity index (χ3v) is 3.69. The predicted molar refractivity (Wildman–Crippen MR) is 74.9 cm³/mol. The van der Waals surface area contributed by atoms with Gasteiger partial charge >= 0.3 is 0 Å². The van der Waals surface area contributed by atoms with Crippen molar-refractivity contribution in [3.63, 3.8) is 0 Å². The number of rotatable bonds is 3. The highest BCUT2D eigenvalue weighted by Gasteiger charge is 2.20. The lowest BCUT2D eigenvalue weighted by atomic mass is 10.1. The molecule has 2 heterocycles. The molecule has 0 unspecified atom stereocenters. The fraction of sp³-hybridized carbons (Fsp3) is 0.533. The van der Waals surface area contributed by atoms with Crippen LogP contribution >= 0.6 is 0 Å². The third-order valence-electron chi connectivity index (χ3n) is 3.69. The Bertz CT molecular complexity index is 490. The van der Waals surface area contributed by atoms with E-state index in [1.165, 1.54) is 0 Å². The van der Waals surface area contributed by atoms with E-state index in [-0.39, 0.29) is 11.9 Å². The van der Waals surface area contributed by atoms with Gasteiger partial charge in [-0.25, -0.2) is 0 Å². The van der Waals surface area contributed by atoms with Crippen LogP contribution in [-0.2, 0) is 11.3 Å². The average Bonchev–Trinajstić information content (AvgIpc) is 2.69. The molecule has 1 atom stereocenters. The van der Waals surface area contributed by atoms with E-state index in [0.717, 1.165) is 42.9 Å². The van der Waals surface area contributed by atoms with Crippen LogP contribution in [0.5, 0.6) is 11.5 Å². The van der Waals surface area contributed by atoms with Crippen LogP contribution in [-0.4, -0.2) is 31.7 Å². The summed E-state index contributed by atoms with van der Waals surface area (Å²) in [4.78, 5) is 11.8. The van der Waals surface area contributed by atoms with Gasteiger partial charge in [0.25, 0.3) is 0 Å². The van der Waals surface area contributed by atoms with E-state index in [0.29, 0.717) is 19.8 Å². The van der Waals surface area contributed by atoms with Gasteiger partial charge in [-0.3, -0.25) is 4.79 Å². The number of hydrogen-bond acceptors (Lipinski definition) is 4. The number of fused-ring (bicyclic) bond motifs is 1. The minimum absolute atomic E-state index is 0.0919. The first-order valence-corrected chi connectivity index (χ1v) is 7.22. The van der Waals surface area contributed by atoms with Gasteiger partial charge in [0.1, 0.15) is 13.2 Å². The molecular formula is C15H20N2O3. The molecule has 1 saturated heterocycles. The molecule has 0 saturated carbocycles. The molecule has 1 aromatic rings. The molecule has 2 N–H and O–H groups in total. The summed E-state index contributed by atoms with van der Waals surface area (Å²) in [5, 5.41) is 6.26. The molecule has 0 spiro atoms. The molecule has 1 fully saturated rings. The summed E-state index contributed by atoms with van der Waals surface area (Å²) in [6.07, 6.45) is 3.04. The Hall–Kier alpha value is -1.75. The van der Waals surface area contributed by atoms with Crippen molar-refractivity contribution in [2.75, 3.05) is 19.8 Å². The molecular weight excluding hydrogens is 256 g/mol. The lowest BCUT2D eigenvalue weighted by Crippen LogP contribution is -2.42. The van der Waals surface area contributed by atoms with Gasteiger partial charge in [0.05, 0.1) is 6.04 Å². The van der Waals surface area contributed by atoms with Crippen LogP contribution in [0.2, 0.25) is 0 Å². The molecule has 0 aliphatic carbocycles. The second kappa shape index (κ2) is 6.13. The van der Waals surface area contributed by atoms with Crippen molar-refractivity contribution in [2.45, 2.75) is 31.8 Å². The van der Waals surface area contributed by atoms with E-state index >= 15 is 0 Å². The van der Waals surface area contributed by atoms with Crippen molar-refractivity contribution in [2.24, 2.45) is 0 Å². The minimum Gasteiger partial charge on any atom is -0.486 e. The zero-order valence-electron chi connectivity index (χ0n) is 11.5. The van der Waals surface area contributed by atoms with Gasteiger partial charge in [0.2, 0.25) is 5.91 Å². The van der Waals surface area contributed by atoms with Crippen molar-refractivity contribution < 1.29 is 14.3 Å². The van der Waals surface area contributed by atoms with Crippen molar-refractivity contribution in [1.82, 2.24) is 10.6 Å². The van der Waals surface area contributed by atoms with Crippen LogP contribution < -0.4 is 20.1 Å². The first kappa shape index (κ1) is 13.2. The normalized spacial score (nSPS) is 22.0. The molecule has 5 nitrogen and oxygen atoms in total. The maximum absolute atomic E-state index is 11.8. The summed E-state index contributed by atoms with van der Waals surface area (Å²) in [6, 6.07) is 5.83. The highest BCUT2D eigenvalue weighted by molar-refractivity contribution is 5.81. The molecule has 0 bridgehead atoms. The Balaban J connectivity index is 1.61. The molecule has 0 aromatic heterocycles. The fourth-order valence-corrected chi connectivity index (χ4v) is 2.57.